The molecule has 2 amide bonds. The monoisotopic (exact) mass is 303 g/mol. The summed E-state index contributed by atoms with van der Waals surface area (Å²) in [4.78, 5) is 23.4. The first-order chi connectivity index (χ1) is 10.5. The predicted octanol–water partition coefficient (Wildman–Crippen LogP) is 2.06. The Kier molecular flexibility index (Phi) is 5.55. The molecule has 1 aromatic rings. The number of aryl methyl sites for hydroxylation is 1. The van der Waals surface area contributed by atoms with Gasteiger partial charge in [-0.3, -0.25) is 9.59 Å². The van der Waals surface area contributed by atoms with Gasteiger partial charge < -0.3 is 16.4 Å². The van der Waals surface area contributed by atoms with Gasteiger partial charge in [-0.05, 0) is 68.5 Å². The van der Waals surface area contributed by atoms with Gasteiger partial charge in [0, 0.05) is 17.7 Å². The second-order valence-corrected chi connectivity index (χ2v) is 6.21. The summed E-state index contributed by atoms with van der Waals surface area (Å²) in [5.41, 5.74) is 7.26. The lowest BCUT2D eigenvalue weighted by molar-refractivity contribution is -0.117. The molecule has 0 saturated carbocycles. The highest BCUT2D eigenvalue weighted by Gasteiger charge is 2.22. The van der Waals surface area contributed by atoms with Crippen LogP contribution in [0.4, 0.5) is 5.69 Å². The molecule has 2 rings (SSSR count). The maximum atomic E-state index is 12.2. The van der Waals surface area contributed by atoms with Crippen molar-refractivity contribution in [2.45, 2.75) is 33.1 Å². The molecule has 1 aliphatic rings. The van der Waals surface area contributed by atoms with Crippen LogP contribution in [-0.2, 0) is 4.79 Å². The summed E-state index contributed by atoms with van der Waals surface area (Å²) in [5.74, 6) is 0.575. The van der Waals surface area contributed by atoms with E-state index < -0.39 is 5.91 Å². The Labute approximate surface area is 131 Å². The number of primary amides is 1. The summed E-state index contributed by atoms with van der Waals surface area (Å²) in [5, 5.41) is 6.26. The van der Waals surface area contributed by atoms with E-state index in [9.17, 15) is 9.59 Å². The molecule has 0 aliphatic carbocycles. The molecule has 120 valence electrons. The molecular weight excluding hydrogens is 278 g/mol. The SMILES string of the molecule is Cc1cc(NC(=O)CC(C)C2CCNCC2)ccc1C(N)=O. The number of nitrogens with one attached hydrogen (secondary N) is 2. The second-order valence-electron chi connectivity index (χ2n) is 6.21. The third-order valence-electron chi connectivity index (χ3n) is 4.47. The van der Waals surface area contributed by atoms with Gasteiger partial charge in [-0.2, -0.15) is 0 Å². The number of rotatable bonds is 5. The van der Waals surface area contributed by atoms with Crippen molar-refractivity contribution >= 4 is 17.5 Å². The second kappa shape index (κ2) is 7.40. The van der Waals surface area contributed by atoms with Crippen LogP contribution in [0, 0.1) is 18.8 Å². The van der Waals surface area contributed by atoms with Gasteiger partial charge in [-0.25, -0.2) is 0 Å². The van der Waals surface area contributed by atoms with Crippen molar-refractivity contribution in [1.29, 1.82) is 0 Å². The van der Waals surface area contributed by atoms with Crippen LogP contribution in [0.25, 0.3) is 0 Å². The third kappa shape index (κ3) is 4.31. The molecular formula is C17H25N3O2. The van der Waals surface area contributed by atoms with Gasteiger partial charge in [-0.15, -0.1) is 0 Å². The number of hydrogen-bond acceptors (Lipinski definition) is 3. The van der Waals surface area contributed by atoms with E-state index in [1.807, 2.05) is 6.92 Å². The molecule has 1 saturated heterocycles. The average Bonchev–Trinajstić information content (AvgIpc) is 2.47. The van der Waals surface area contributed by atoms with Crippen LogP contribution in [0.2, 0.25) is 0 Å². The standard InChI is InChI=1S/C17H25N3O2/c1-11(13-5-7-19-8-6-13)10-16(21)20-14-3-4-15(17(18)22)12(2)9-14/h3-4,9,11,13,19H,5-8,10H2,1-2H3,(H2,18,22)(H,20,21). The molecule has 1 aromatic carbocycles. The Morgan fingerprint density at radius 2 is 2.05 bits per heavy atom. The van der Waals surface area contributed by atoms with Crippen LogP contribution >= 0.6 is 0 Å². The lowest BCUT2D eigenvalue weighted by atomic mass is 9.84. The fourth-order valence-corrected chi connectivity index (χ4v) is 3.10. The molecule has 5 heteroatoms. The minimum absolute atomic E-state index is 0.0252. The molecule has 4 N–H and O–H groups in total. The summed E-state index contributed by atoms with van der Waals surface area (Å²) >= 11 is 0. The molecule has 0 spiro atoms. The van der Waals surface area contributed by atoms with Gasteiger partial charge in [0.2, 0.25) is 11.8 Å². The first-order valence-electron chi connectivity index (χ1n) is 7.88. The summed E-state index contributed by atoms with van der Waals surface area (Å²) in [7, 11) is 0. The van der Waals surface area contributed by atoms with Crippen LogP contribution < -0.4 is 16.4 Å². The largest absolute Gasteiger partial charge is 0.366 e. The molecule has 1 atom stereocenters. The summed E-state index contributed by atoms with van der Waals surface area (Å²) in [6, 6.07) is 5.16. The predicted molar refractivity (Wildman–Crippen MR) is 87.7 cm³/mol. The van der Waals surface area contributed by atoms with E-state index in [0.29, 0.717) is 29.5 Å². The zero-order chi connectivity index (χ0) is 16.1. The Bertz CT molecular complexity index is 551. The van der Waals surface area contributed by atoms with Crippen molar-refractivity contribution in [3.63, 3.8) is 0 Å². The number of piperidine rings is 1. The number of carbonyl (C=O) groups is 2. The first-order valence-corrected chi connectivity index (χ1v) is 7.88. The molecule has 5 nitrogen and oxygen atoms in total. The minimum Gasteiger partial charge on any atom is -0.366 e. The Morgan fingerprint density at radius 1 is 1.36 bits per heavy atom. The van der Waals surface area contributed by atoms with Crippen molar-refractivity contribution in [3.05, 3.63) is 29.3 Å². The van der Waals surface area contributed by atoms with E-state index in [1.165, 1.54) is 0 Å². The molecule has 0 radical (unpaired) electrons. The Morgan fingerprint density at radius 3 is 2.64 bits per heavy atom. The summed E-state index contributed by atoms with van der Waals surface area (Å²) < 4.78 is 0. The zero-order valence-electron chi connectivity index (χ0n) is 13.3. The molecule has 0 bridgehead atoms. The first kappa shape index (κ1) is 16.5. The van der Waals surface area contributed by atoms with Crippen LogP contribution in [0.3, 0.4) is 0 Å². The highest BCUT2D eigenvalue weighted by Crippen LogP contribution is 2.25. The minimum atomic E-state index is -0.449. The number of carbonyl (C=O) groups excluding carboxylic acids is 2. The van der Waals surface area contributed by atoms with Crippen molar-refractivity contribution in [1.82, 2.24) is 5.32 Å². The van der Waals surface area contributed by atoms with E-state index in [1.54, 1.807) is 18.2 Å². The molecule has 1 aliphatic heterocycles. The molecule has 22 heavy (non-hydrogen) atoms. The van der Waals surface area contributed by atoms with Crippen molar-refractivity contribution in [2.75, 3.05) is 18.4 Å². The van der Waals surface area contributed by atoms with Crippen LogP contribution in [-0.4, -0.2) is 24.9 Å². The van der Waals surface area contributed by atoms with Gasteiger partial charge in [-0.1, -0.05) is 6.92 Å². The third-order valence-corrected chi connectivity index (χ3v) is 4.47. The van der Waals surface area contributed by atoms with Gasteiger partial charge in [0.25, 0.3) is 0 Å². The van der Waals surface area contributed by atoms with Crippen LogP contribution in [0.1, 0.15) is 42.1 Å². The average molecular weight is 303 g/mol. The van der Waals surface area contributed by atoms with E-state index >= 15 is 0 Å². The van der Waals surface area contributed by atoms with Gasteiger partial charge in [0.1, 0.15) is 0 Å². The maximum absolute atomic E-state index is 12.2. The van der Waals surface area contributed by atoms with Gasteiger partial charge in [0.15, 0.2) is 0 Å². The normalized spacial score (nSPS) is 17.0. The number of anilines is 1. The van der Waals surface area contributed by atoms with E-state index in [4.69, 9.17) is 5.73 Å². The number of benzene rings is 1. The van der Waals surface area contributed by atoms with E-state index in [0.717, 1.165) is 31.5 Å². The fourth-order valence-electron chi connectivity index (χ4n) is 3.10. The number of amides is 2. The summed E-state index contributed by atoms with van der Waals surface area (Å²) in [6.45, 7) is 6.05. The zero-order valence-corrected chi connectivity index (χ0v) is 13.3. The highest BCUT2D eigenvalue weighted by atomic mass is 16.2. The van der Waals surface area contributed by atoms with Gasteiger partial charge in [0.05, 0.1) is 0 Å². The lowest BCUT2D eigenvalue weighted by Crippen LogP contribution is -2.32. The molecule has 1 fully saturated rings. The van der Waals surface area contributed by atoms with Crippen molar-refractivity contribution < 1.29 is 9.59 Å². The van der Waals surface area contributed by atoms with E-state index in [2.05, 4.69) is 17.6 Å². The van der Waals surface area contributed by atoms with Crippen molar-refractivity contribution in [2.24, 2.45) is 17.6 Å². The smallest absolute Gasteiger partial charge is 0.248 e. The molecule has 1 heterocycles. The quantitative estimate of drug-likeness (QED) is 0.778. The Hall–Kier alpha value is -1.88. The molecule has 0 aromatic heterocycles. The maximum Gasteiger partial charge on any atom is 0.248 e. The Balaban J connectivity index is 1.91. The summed E-state index contributed by atoms with van der Waals surface area (Å²) in [6.07, 6.45) is 2.81. The van der Waals surface area contributed by atoms with Crippen LogP contribution in [0.15, 0.2) is 18.2 Å². The number of hydrogen-bond donors (Lipinski definition) is 3. The van der Waals surface area contributed by atoms with E-state index in [-0.39, 0.29) is 5.91 Å². The topological polar surface area (TPSA) is 84.2 Å². The molecule has 1 unspecified atom stereocenters. The highest BCUT2D eigenvalue weighted by molar-refractivity contribution is 5.96. The number of nitrogens with two attached hydrogens (primary N) is 1. The van der Waals surface area contributed by atoms with Gasteiger partial charge >= 0.3 is 0 Å². The van der Waals surface area contributed by atoms with Crippen molar-refractivity contribution in [3.8, 4) is 0 Å². The lowest BCUT2D eigenvalue weighted by Gasteiger charge is -2.27. The van der Waals surface area contributed by atoms with Crippen LogP contribution in [0.5, 0.6) is 0 Å². The fraction of sp³-hybridized carbons (Fsp3) is 0.529.